The molecule has 118 valence electrons. The highest BCUT2D eigenvalue weighted by atomic mass is 32.1. The Morgan fingerprint density at radius 3 is 3.05 bits per heavy atom. The normalized spacial score (nSPS) is 21.2. The Hall–Kier alpha value is -0.910. The highest BCUT2D eigenvalue weighted by Crippen LogP contribution is 2.21. The molecule has 0 spiro atoms. The Labute approximate surface area is 131 Å². The number of piperidine rings is 1. The average Bonchev–Trinajstić information content (AvgIpc) is 2.99. The molecule has 1 aromatic rings. The Kier molecular flexibility index (Phi) is 6.21. The topological polar surface area (TPSA) is 43.8 Å². The molecule has 0 aliphatic carbocycles. The maximum Gasteiger partial charge on any atom is 0.236 e. The van der Waals surface area contributed by atoms with Gasteiger partial charge in [0.2, 0.25) is 5.91 Å². The molecule has 1 aliphatic heterocycles. The number of rotatable bonds is 6. The summed E-state index contributed by atoms with van der Waals surface area (Å²) in [5.41, 5.74) is 0. The lowest BCUT2D eigenvalue weighted by molar-refractivity contribution is -0.133. The average molecular weight is 310 g/mol. The number of aliphatic hydroxyl groups excluding tert-OH is 1. The lowest BCUT2D eigenvalue weighted by Crippen LogP contribution is -2.50. The summed E-state index contributed by atoms with van der Waals surface area (Å²) in [6, 6.07) is 4.21. The molecule has 1 N–H and O–H groups in total. The summed E-state index contributed by atoms with van der Waals surface area (Å²) < 4.78 is 0. The molecular weight excluding hydrogens is 284 g/mol. The predicted molar refractivity (Wildman–Crippen MR) is 86.3 cm³/mol. The second-order valence-corrected chi connectivity index (χ2v) is 6.87. The Morgan fingerprint density at radius 2 is 2.38 bits per heavy atom. The van der Waals surface area contributed by atoms with Gasteiger partial charge in [-0.05, 0) is 37.3 Å². The monoisotopic (exact) mass is 310 g/mol. The fraction of sp³-hybridized carbons (Fsp3) is 0.688. The fourth-order valence-electron chi connectivity index (χ4n) is 2.94. The molecule has 0 bridgehead atoms. The van der Waals surface area contributed by atoms with E-state index in [4.69, 9.17) is 0 Å². The zero-order valence-electron chi connectivity index (χ0n) is 13.0. The maximum absolute atomic E-state index is 12.4. The summed E-state index contributed by atoms with van der Waals surface area (Å²) in [6.07, 6.45) is 3.70. The van der Waals surface area contributed by atoms with E-state index < -0.39 is 0 Å². The van der Waals surface area contributed by atoms with Crippen LogP contribution in [-0.4, -0.2) is 53.1 Å². The highest BCUT2D eigenvalue weighted by molar-refractivity contribution is 7.09. The molecule has 21 heavy (non-hydrogen) atoms. The predicted octanol–water partition coefficient (Wildman–Crippen LogP) is 2.33. The Balaban J connectivity index is 1.90. The van der Waals surface area contributed by atoms with E-state index in [0.717, 1.165) is 32.2 Å². The van der Waals surface area contributed by atoms with Crippen molar-refractivity contribution in [2.45, 2.75) is 51.3 Å². The molecule has 4 nitrogen and oxygen atoms in total. The van der Waals surface area contributed by atoms with E-state index >= 15 is 0 Å². The minimum Gasteiger partial charge on any atom is -0.392 e. The summed E-state index contributed by atoms with van der Waals surface area (Å²) in [6.45, 7) is 4.01. The van der Waals surface area contributed by atoms with Crippen LogP contribution in [0.2, 0.25) is 0 Å². The first-order valence-corrected chi connectivity index (χ1v) is 8.68. The first kappa shape index (κ1) is 16.5. The minimum absolute atomic E-state index is 0.138. The van der Waals surface area contributed by atoms with Gasteiger partial charge in [-0.15, -0.1) is 11.3 Å². The molecule has 0 unspecified atom stereocenters. The summed E-state index contributed by atoms with van der Waals surface area (Å²) in [4.78, 5) is 17.6. The van der Waals surface area contributed by atoms with Crippen molar-refractivity contribution >= 4 is 17.2 Å². The van der Waals surface area contributed by atoms with Crippen LogP contribution in [0, 0.1) is 0 Å². The van der Waals surface area contributed by atoms with Crippen LogP contribution < -0.4 is 0 Å². The molecule has 1 aliphatic rings. The van der Waals surface area contributed by atoms with Gasteiger partial charge in [0.05, 0.1) is 19.2 Å². The van der Waals surface area contributed by atoms with Crippen LogP contribution in [0.15, 0.2) is 17.5 Å². The van der Waals surface area contributed by atoms with Gasteiger partial charge in [-0.3, -0.25) is 9.69 Å². The molecule has 1 aromatic heterocycles. The fourth-order valence-corrected chi connectivity index (χ4v) is 3.70. The van der Waals surface area contributed by atoms with Gasteiger partial charge in [-0.2, -0.15) is 0 Å². The van der Waals surface area contributed by atoms with E-state index in [1.807, 2.05) is 25.4 Å². The standard InChI is InChI=1S/C16H26N2O2S/c1-3-15(19)14-8-4-5-9-18(14)12-16(20)17(2)11-13-7-6-10-21-13/h6-7,10,14-15,19H,3-5,8-9,11-12H2,1-2H3/t14-,15-/m0/s1. The molecule has 0 radical (unpaired) electrons. The summed E-state index contributed by atoms with van der Waals surface area (Å²) in [5.74, 6) is 0.138. The number of nitrogens with zero attached hydrogens (tertiary/aromatic N) is 2. The third-order valence-corrected chi connectivity index (χ3v) is 5.13. The van der Waals surface area contributed by atoms with Crippen LogP contribution in [0.25, 0.3) is 0 Å². The molecule has 2 rings (SSSR count). The van der Waals surface area contributed by atoms with Crippen molar-refractivity contribution in [3.8, 4) is 0 Å². The number of carbonyl (C=O) groups is 1. The van der Waals surface area contributed by atoms with Crippen LogP contribution in [0.1, 0.15) is 37.5 Å². The molecule has 0 aromatic carbocycles. The van der Waals surface area contributed by atoms with Crippen LogP contribution in [0.5, 0.6) is 0 Å². The van der Waals surface area contributed by atoms with Crippen LogP contribution in [0.4, 0.5) is 0 Å². The van der Waals surface area contributed by atoms with Gasteiger partial charge in [-0.25, -0.2) is 0 Å². The van der Waals surface area contributed by atoms with Gasteiger partial charge in [0.25, 0.3) is 0 Å². The molecule has 2 atom stereocenters. The first-order chi connectivity index (χ1) is 10.1. The second-order valence-electron chi connectivity index (χ2n) is 5.84. The molecule has 0 saturated carbocycles. The lowest BCUT2D eigenvalue weighted by Gasteiger charge is -2.38. The van der Waals surface area contributed by atoms with Crippen molar-refractivity contribution in [3.63, 3.8) is 0 Å². The van der Waals surface area contributed by atoms with E-state index in [2.05, 4.69) is 11.0 Å². The number of aliphatic hydroxyl groups is 1. The van der Waals surface area contributed by atoms with Gasteiger partial charge in [0.1, 0.15) is 0 Å². The number of hydrogen-bond donors (Lipinski definition) is 1. The number of amides is 1. The molecule has 1 amide bonds. The zero-order valence-corrected chi connectivity index (χ0v) is 13.8. The lowest BCUT2D eigenvalue weighted by atomic mass is 9.96. The first-order valence-electron chi connectivity index (χ1n) is 7.80. The molecule has 1 fully saturated rings. The van der Waals surface area contributed by atoms with E-state index in [0.29, 0.717) is 13.1 Å². The smallest absolute Gasteiger partial charge is 0.236 e. The van der Waals surface area contributed by atoms with Gasteiger partial charge in [0, 0.05) is 18.0 Å². The number of thiophene rings is 1. The van der Waals surface area contributed by atoms with E-state index in [-0.39, 0.29) is 18.1 Å². The van der Waals surface area contributed by atoms with Crippen molar-refractivity contribution in [3.05, 3.63) is 22.4 Å². The molecule has 1 saturated heterocycles. The second kappa shape index (κ2) is 7.92. The van der Waals surface area contributed by atoms with Gasteiger partial charge >= 0.3 is 0 Å². The van der Waals surface area contributed by atoms with Crippen LogP contribution in [0.3, 0.4) is 0 Å². The zero-order chi connectivity index (χ0) is 15.2. The summed E-state index contributed by atoms with van der Waals surface area (Å²) in [7, 11) is 1.86. The molecule has 2 heterocycles. The SMILES string of the molecule is CC[C@H](O)[C@@H]1CCCCN1CC(=O)N(C)Cc1cccs1. The Bertz CT molecular complexity index is 435. The maximum atomic E-state index is 12.4. The third kappa shape index (κ3) is 4.53. The van der Waals surface area contributed by atoms with E-state index in [1.54, 1.807) is 16.2 Å². The van der Waals surface area contributed by atoms with Gasteiger partial charge in [0.15, 0.2) is 0 Å². The van der Waals surface area contributed by atoms with E-state index in [9.17, 15) is 9.90 Å². The van der Waals surface area contributed by atoms with Gasteiger partial charge < -0.3 is 10.0 Å². The number of hydrogen-bond acceptors (Lipinski definition) is 4. The highest BCUT2D eigenvalue weighted by Gasteiger charge is 2.29. The largest absolute Gasteiger partial charge is 0.392 e. The van der Waals surface area contributed by atoms with Crippen molar-refractivity contribution in [1.29, 1.82) is 0 Å². The van der Waals surface area contributed by atoms with Crippen molar-refractivity contribution in [1.82, 2.24) is 9.80 Å². The van der Waals surface area contributed by atoms with Gasteiger partial charge in [-0.1, -0.05) is 19.4 Å². The van der Waals surface area contributed by atoms with Crippen molar-refractivity contribution in [2.24, 2.45) is 0 Å². The quantitative estimate of drug-likeness (QED) is 0.877. The van der Waals surface area contributed by atoms with Crippen LogP contribution >= 0.6 is 11.3 Å². The van der Waals surface area contributed by atoms with Crippen molar-refractivity contribution in [2.75, 3.05) is 20.1 Å². The molecular formula is C16H26N2O2S. The van der Waals surface area contributed by atoms with Crippen molar-refractivity contribution < 1.29 is 9.90 Å². The number of likely N-dealkylation sites (tertiary alicyclic amines) is 1. The third-order valence-electron chi connectivity index (χ3n) is 4.26. The van der Waals surface area contributed by atoms with E-state index in [1.165, 1.54) is 4.88 Å². The molecule has 5 heteroatoms. The summed E-state index contributed by atoms with van der Waals surface area (Å²) >= 11 is 1.68. The number of carbonyl (C=O) groups excluding carboxylic acids is 1. The number of likely N-dealkylation sites (N-methyl/N-ethyl adjacent to an activating group) is 1. The summed E-state index contributed by atoms with van der Waals surface area (Å²) in [5, 5.41) is 12.2. The Morgan fingerprint density at radius 1 is 1.57 bits per heavy atom. The van der Waals surface area contributed by atoms with Crippen LogP contribution in [-0.2, 0) is 11.3 Å². The minimum atomic E-state index is -0.319.